The number of benzene rings is 2. The summed E-state index contributed by atoms with van der Waals surface area (Å²) in [4.78, 5) is 25.4. The number of alkyl halides is 3. The van der Waals surface area contributed by atoms with Gasteiger partial charge in [0, 0.05) is 0 Å². The first-order valence-electron chi connectivity index (χ1n) is 9.70. The van der Waals surface area contributed by atoms with Crippen LogP contribution in [-0.4, -0.2) is 46.2 Å². The van der Waals surface area contributed by atoms with Gasteiger partial charge in [0.1, 0.15) is 6.10 Å². The fourth-order valence-corrected chi connectivity index (χ4v) is 3.23. The summed E-state index contributed by atoms with van der Waals surface area (Å²) in [5.41, 5.74) is 0.588. The molecule has 2 aromatic carbocycles. The minimum Gasteiger partial charge on any atom is -0.452 e. The van der Waals surface area contributed by atoms with E-state index in [1.165, 1.54) is 0 Å². The molecule has 0 spiro atoms. The number of carbonyl (C=O) groups excluding carboxylic acids is 2. The van der Waals surface area contributed by atoms with Crippen LogP contribution in [0.1, 0.15) is 34.1 Å². The predicted molar refractivity (Wildman–Crippen MR) is 119 cm³/mol. The molecule has 0 amide bonds. The Morgan fingerprint density at radius 1 is 0.875 bits per heavy atom. The summed E-state index contributed by atoms with van der Waals surface area (Å²) in [6.45, 7) is 1.80. The van der Waals surface area contributed by atoms with Crippen molar-refractivity contribution in [3.63, 3.8) is 0 Å². The Kier molecular flexibility index (Phi) is 8.00. The highest BCUT2D eigenvalue weighted by atomic mass is 35.6. The van der Waals surface area contributed by atoms with E-state index >= 15 is 0 Å². The van der Waals surface area contributed by atoms with Crippen LogP contribution in [0.15, 0.2) is 60.7 Å². The van der Waals surface area contributed by atoms with Crippen LogP contribution in [0.4, 0.5) is 0 Å². The number of nitrogens with one attached hydrogen (secondary N) is 1. The molecule has 1 N–H and O–H groups in total. The number of esters is 2. The average Bonchev–Trinajstić information content (AvgIpc) is 3.10. The maximum atomic E-state index is 12.7. The lowest BCUT2D eigenvalue weighted by Gasteiger charge is -2.25. The molecule has 0 aliphatic carbocycles. The van der Waals surface area contributed by atoms with E-state index in [4.69, 9.17) is 59.2 Å². The fraction of sp³-hybridized carbons (Fsp3) is 0.318. The Morgan fingerprint density at radius 3 is 1.78 bits per heavy atom. The Labute approximate surface area is 200 Å². The minimum atomic E-state index is -2.15. The van der Waals surface area contributed by atoms with Gasteiger partial charge in [-0.25, -0.2) is 9.59 Å². The van der Waals surface area contributed by atoms with Crippen molar-refractivity contribution in [2.75, 3.05) is 0 Å². The van der Waals surface area contributed by atoms with Crippen molar-refractivity contribution in [1.82, 2.24) is 0 Å². The second-order valence-corrected chi connectivity index (χ2v) is 9.15. The molecule has 7 nitrogen and oxygen atoms in total. The first-order valence-corrected chi connectivity index (χ1v) is 10.8. The molecule has 170 valence electrons. The minimum absolute atomic E-state index is 0.274. The zero-order chi connectivity index (χ0) is 23.3. The van der Waals surface area contributed by atoms with E-state index in [0.717, 1.165) is 0 Å². The maximum absolute atomic E-state index is 12.7. The van der Waals surface area contributed by atoms with Crippen molar-refractivity contribution in [3.05, 3.63) is 71.8 Å². The van der Waals surface area contributed by atoms with Gasteiger partial charge in [-0.05, 0) is 30.7 Å². The molecule has 4 atom stereocenters. The smallest absolute Gasteiger partial charge is 0.338 e. The van der Waals surface area contributed by atoms with E-state index in [2.05, 4.69) is 0 Å². The van der Waals surface area contributed by atoms with Crippen LogP contribution < -0.4 is 0 Å². The lowest BCUT2D eigenvalue weighted by atomic mass is 10.1. The standard InChI is InChI=1S/C22H20Cl3NO6/c1-2-15-16(30-18(27)13-9-5-3-6-10-13)17(20(29-15)32-21(26)22(23,24)25)31-19(28)14-11-7-4-8-12-14/h3-12,15-17,20,26H,2H2,1H3/t15-,16?,17?,20+/m1/s1. The van der Waals surface area contributed by atoms with Gasteiger partial charge < -0.3 is 18.9 Å². The van der Waals surface area contributed by atoms with Crippen LogP contribution in [-0.2, 0) is 18.9 Å². The number of carbonyl (C=O) groups is 2. The molecule has 0 bridgehead atoms. The third-order valence-corrected chi connectivity index (χ3v) is 5.18. The molecule has 1 fully saturated rings. The largest absolute Gasteiger partial charge is 0.452 e. The van der Waals surface area contributed by atoms with Crippen LogP contribution in [0.5, 0.6) is 0 Å². The van der Waals surface area contributed by atoms with Gasteiger partial charge >= 0.3 is 11.9 Å². The number of ether oxygens (including phenoxy) is 4. The van der Waals surface area contributed by atoms with Gasteiger partial charge in [-0.1, -0.05) is 78.1 Å². The Balaban J connectivity index is 1.87. The fourth-order valence-electron chi connectivity index (χ4n) is 3.10. The average molecular weight is 501 g/mol. The van der Waals surface area contributed by atoms with Crippen molar-refractivity contribution in [3.8, 4) is 0 Å². The van der Waals surface area contributed by atoms with Crippen molar-refractivity contribution in [1.29, 1.82) is 5.41 Å². The van der Waals surface area contributed by atoms with Crippen LogP contribution in [0.3, 0.4) is 0 Å². The maximum Gasteiger partial charge on any atom is 0.338 e. The Hall–Kier alpha value is -2.32. The van der Waals surface area contributed by atoms with E-state index in [1.54, 1.807) is 67.6 Å². The molecule has 0 radical (unpaired) electrons. The molecule has 2 unspecified atom stereocenters. The molecular weight excluding hydrogens is 481 g/mol. The topological polar surface area (TPSA) is 94.9 Å². The molecule has 1 saturated heterocycles. The third-order valence-electron chi connectivity index (χ3n) is 4.67. The third kappa shape index (κ3) is 5.92. The highest BCUT2D eigenvalue weighted by molar-refractivity contribution is 6.76. The highest BCUT2D eigenvalue weighted by Crippen LogP contribution is 2.34. The van der Waals surface area contributed by atoms with Crippen LogP contribution >= 0.6 is 34.8 Å². The van der Waals surface area contributed by atoms with Crippen LogP contribution in [0.2, 0.25) is 0 Å². The van der Waals surface area contributed by atoms with Gasteiger partial charge in [-0.3, -0.25) is 5.41 Å². The van der Waals surface area contributed by atoms with Crippen molar-refractivity contribution in [2.45, 2.75) is 41.7 Å². The Bertz CT molecular complexity index is 951. The first-order chi connectivity index (χ1) is 15.2. The van der Waals surface area contributed by atoms with E-state index in [0.29, 0.717) is 12.0 Å². The van der Waals surface area contributed by atoms with E-state index in [1.807, 2.05) is 0 Å². The number of hydrogen-bond donors (Lipinski definition) is 1. The molecule has 1 aliphatic rings. The predicted octanol–water partition coefficient (Wildman–Crippen LogP) is 4.94. The van der Waals surface area contributed by atoms with Gasteiger partial charge in [0.15, 0.2) is 6.10 Å². The summed E-state index contributed by atoms with van der Waals surface area (Å²) in [7, 11) is 0. The highest BCUT2D eigenvalue weighted by Gasteiger charge is 2.51. The lowest BCUT2D eigenvalue weighted by molar-refractivity contribution is -0.122. The number of rotatable bonds is 6. The van der Waals surface area contributed by atoms with E-state index in [-0.39, 0.29) is 5.56 Å². The zero-order valence-electron chi connectivity index (χ0n) is 16.9. The summed E-state index contributed by atoms with van der Waals surface area (Å²) in [5, 5.41) is 7.86. The van der Waals surface area contributed by atoms with Gasteiger partial charge in [-0.2, -0.15) is 0 Å². The normalized spacial score (nSPS) is 22.8. The molecular formula is C22H20Cl3NO6. The first kappa shape index (κ1) is 24.3. The molecule has 1 heterocycles. The van der Waals surface area contributed by atoms with Gasteiger partial charge in [0.25, 0.3) is 3.79 Å². The summed E-state index contributed by atoms with van der Waals surface area (Å²) in [6, 6.07) is 16.6. The number of halogens is 3. The van der Waals surface area contributed by atoms with Gasteiger partial charge in [0.2, 0.25) is 18.3 Å². The van der Waals surface area contributed by atoms with E-state index < -0.39 is 46.2 Å². The van der Waals surface area contributed by atoms with Crippen molar-refractivity contribution < 1.29 is 28.5 Å². The van der Waals surface area contributed by atoms with Crippen LogP contribution in [0, 0.1) is 5.41 Å². The number of hydrogen-bond acceptors (Lipinski definition) is 7. The molecule has 0 aromatic heterocycles. The second-order valence-electron chi connectivity index (χ2n) is 6.87. The molecule has 10 heteroatoms. The monoisotopic (exact) mass is 499 g/mol. The van der Waals surface area contributed by atoms with Gasteiger partial charge in [0.05, 0.1) is 11.1 Å². The molecule has 32 heavy (non-hydrogen) atoms. The van der Waals surface area contributed by atoms with Crippen molar-refractivity contribution in [2.24, 2.45) is 0 Å². The summed E-state index contributed by atoms with van der Waals surface area (Å²) in [5.74, 6) is -2.04. The summed E-state index contributed by atoms with van der Waals surface area (Å²) in [6.07, 6.45) is -3.86. The molecule has 3 rings (SSSR count). The Morgan fingerprint density at radius 2 is 1.34 bits per heavy atom. The molecule has 2 aromatic rings. The zero-order valence-corrected chi connectivity index (χ0v) is 19.1. The second kappa shape index (κ2) is 10.5. The van der Waals surface area contributed by atoms with Crippen LogP contribution in [0.25, 0.3) is 0 Å². The molecule has 1 aliphatic heterocycles. The van der Waals surface area contributed by atoms with Gasteiger partial charge in [-0.15, -0.1) is 0 Å². The quantitative estimate of drug-likeness (QED) is 0.261. The summed E-state index contributed by atoms with van der Waals surface area (Å²) >= 11 is 17.1. The SMILES string of the molecule is CC[C@H]1O[C@@H](OC(=N)C(Cl)(Cl)Cl)C(OC(=O)c2ccccc2)C1OC(=O)c1ccccc1. The van der Waals surface area contributed by atoms with E-state index in [9.17, 15) is 9.59 Å². The molecule has 0 saturated carbocycles. The lowest BCUT2D eigenvalue weighted by Crippen LogP contribution is -2.42. The summed E-state index contributed by atoms with van der Waals surface area (Å²) < 4.78 is 20.3. The van der Waals surface area contributed by atoms with Crippen molar-refractivity contribution >= 4 is 52.6 Å².